The Kier molecular flexibility index (Phi) is 4.71. The molecule has 0 heterocycles. The Bertz CT molecular complexity index is 444. The second-order valence-electron chi connectivity index (χ2n) is 4.15. The summed E-state index contributed by atoms with van der Waals surface area (Å²) in [4.78, 5) is 26.5. The number of methoxy groups -OCH3 is 1. The van der Waals surface area contributed by atoms with E-state index in [9.17, 15) is 9.59 Å². The summed E-state index contributed by atoms with van der Waals surface area (Å²) in [6, 6.07) is 7.04. The molecule has 5 nitrogen and oxygen atoms in total. The van der Waals surface area contributed by atoms with Gasteiger partial charge in [-0.15, -0.1) is 0 Å². The van der Waals surface area contributed by atoms with E-state index in [1.807, 2.05) is 6.07 Å². The van der Waals surface area contributed by atoms with Gasteiger partial charge in [0.05, 0.1) is 24.9 Å². The Balaban J connectivity index is 2.95. The number of likely N-dealkylation sites (N-methyl/N-ethyl adjacent to an activating group) is 2. The van der Waals surface area contributed by atoms with Crippen LogP contribution in [0.3, 0.4) is 0 Å². The fraction of sp³-hybridized carbons (Fsp3) is 0.385. The number of carbonyl (C=O) groups is 2. The highest BCUT2D eigenvalue weighted by Gasteiger charge is 2.16. The van der Waals surface area contributed by atoms with E-state index >= 15 is 0 Å². The molecule has 18 heavy (non-hydrogen) atoms. The highest BCUT2D eigenvalue weighted by molar-refractivity contribution is 5.96. The lowest BCUT2D eigenvalue weighted by Crippen LogP contribution is -2.35. The molecular weight excluding hydrogens is 232 g/mol. The number of ether oxygens (including phenoxy) is 1. The molecule has 1 amide bonds. The predicted molar refractivity (Wildman–Crippen MR) is 69.7 cm³/mol. The number of carbonyl (C=O) groups excluding carboxylic acids is 2. The molecule has 1 aromatic rings. The summed E-state index contributed by atoms with van der Waals surface area (Å²) in [7, 11) is 6.50. The van der Waals surface area contributed by atoms with Crippen molar-refractivity contribution in [2.75, 3.05) is 39.7 Å². The van der Waals surface area contributed by atoms with Crippen LogP contribution in [0.4, 0.5) is 5.69 Å². The minimum atomic E-state index is -0.408. The lowest BCUT2D eigenvalue weighted by molar-refractivity contribution is -0.127. The molecule has 1 rings (SSSR count). The molecule has 0 bridgehead atoms. The number of hydrogen-bond donors (Lipinski definition) is 0. The Morgan fingerprint density at radius 1 is 1.17 bits per heavy atom. The number of hydrogen-bond acceptors (Lipinski definition) is 4. The molecule has 0 saturated carbocycles. The molecule has 0 aliphatic heterocycles. The molecule has 98 valence electrons. The van der Waals surface area contributed by atoms with Gasteiger partial charge in [0.15, 0.2) is 0 Å². The number of nitrogens with zero attached hydrogens (tertiary/aromatic N) is 2. The summed E-state index contributed by atoms with van der Waals surface area (Å²) in [5.74, 6) is -0.438. The van der Waals surface area contributed by atoms with Crippen LogP contribution in [-0.4, -0.2) is 51.6 Å². The summed E-state index contributed by atoms with van der Waals surface area (Å²) in [6.07, 6.45) is 0. The Hall–Kier alpha value is -2.04. The molecule has 0 atom stereocenters. The van der Waals surface area contributed by atoms with Crippen LogP contribution < -0.4 is 4.90 Å². The Morgan fingerprint density at radius 2 is 1.78 bits per heavy atom. The molecule has 5 heteroatoms. The zero-order chi connectivity index (χ0) is 13.7. The van der Waals surface area contributed by atoms with Gasteiger partial charge in [0.1, 0.15) is 0 Å². The lowest BCUT2D eigenvalue weighted by atomic mass is 10.1. The van der Waals surface area contributed by atoms with Gasteiger partial charge in [-0.25, -0.2) is 4.79 Å². The van der Waals surface area contributed by atoms with E-state index in [-0.39, 0.29) is 12.5 Å². The van der Waals surface area contributed by atoms with Gasteiger partial charge in [0, 0.05) is 21.1 Å². The summed E-state index contributed by atoms with van der Waals surface area (Å²) in [5.41, 5.74) is 1.13. The first kappa shape index (κ1) is 14.0. The summed E-state index contributed by atoms with van der Waals surface area (Å²) >= 11 is 0. The van der Waals surface area contributed by atoms with E-state index in [1.165, 1.54) is 12.0 Å². The van der Waals surface area contributed by atoms with E-state index < -0.39 is 5.97 Å². The second-order valence-corrected chi connectivity index (χ2v) is 4.15. The molecule has 0 spiro atoms. The van der Waals surface area contributed by atoms with Crippen molar-refractivity contribution < 1.29 is 14.3 Å². The van der Waals surface area contributed by atoms with Crippen LogP contribution in [0.5, 0.6) is 0 Å². The van der Waals surface area contributed by atoms with Gasteiger partial charge in [-0.2, -0.15) is 0 Å². The number of para-hydroxylation sites is 1. The van der Waals surface area contributed by atoms with Gasteiger partial charge in [-0.3, -0.25) is 4.79 Å². The van der Waals surface area contributed by atoms with Crippen LogP contribution in [0.2, 0.25) is 0 Å². The average molecular weight is 250 g/mol. The second kappa shape index (κ2) is 6.05. The molecule has 1 aromatic carbocycles. The molecule has 0 N–H and O–H groups in total. The molecule has 0 fully saturated rings. The third kappa shape index (κ3) is 3.23. The normalized spacial score (nSPS) is 9.78. The Morgan fingerprint density at radius 3 is 2.33 bits per heavy atom. The third-order valence-electron chi connectivity index (χ3n) is 2.59. The zero-order valence-electron chi connectivity index (χ0n) is 11.1. The molecule has 0 aliphatic carbocycles. The van der Waals surface area contributed by atoms with Crippen LogP contribution in [-0.2, 0) is 9.53 Å². The smallest absolute Gasteiger partial charge is 0.339 e. The molecule has 0 radical (unpaired) electrons. The number of benzene rings is 1. The van der Waals surface area contributed by atoms with Gasteiger partial charge in [0.2, 0.25) is 5.91 Å². The van der Waals surface area contributed by atoms with Crippen LogP contribution >= 0.6 is 0 Å². The van der Waals surface area contributed by atoms with E-state index in [4.69, 9.17) is 4.74 Å². The maximum absolute atomic E-state index is 11.6. The van der Waals surface area contributed by atoms with Gasteiger partial charge in [0.25, 0.3) is 0 Å². The van der Waals surface area contributed by atoms with E-state index in [1.54, 1.807) is 44.2 Å². The van der Waals surface area contributed by atoms with Crippen molar-refractivity contribution in [3.05, 3.63) is 29.8 Å². The largest absolute Gasteiger partial charge is 0.465 e. The summed E-state index contributed by atoms with van der Waals surface area (Å²) < 4.78 is 4.72. The summed E-state index contributed by atoms with van der Waals surface area (Å²) in [5, 5.41) is 0. The predicted octanol–water partition coefficient (Wildman–Crippen LogP) is 0.998. The number of amides is 1. The number of esters is 1. The molecular formula is C13H18N2O3. The van der Waals surface area contributed by atoms with Crippen LogP contribution in [0, 0.1) is 0 Å². The van der Waals surface area contributed by atoms with Crippen molar-refractivity contribution >= 4 is 17.6 Å². The fourth-order valence-corrected chi connectivity index (χ4v) is 1.52. The van der Waals surface area contributed by atoms with Gasteiger partial charge < -0.3 is 14.5 Å². The first-order valence-electron chi connectivity index (χ1n) is 5.56. The van der Waals surface area contributed by atoms with Crippen molar-refractivity contribution in [2.45, 2.75) is 0 Å². The van der Waals surface area contributed by atoms with Crippen molar-refractivity contribution in [3.63, 3.8) is 0 Å². The highest BCUT2D eigenvalue weighted by atomic mass is 16.5. The van der Waals surface area contributed by atoms with Crippen molar-refractivity contribution in [3.8, 4) is 0 Å². The molecule has 0 unspecified atom stereocenters. The van der Waals surface area contributed by atoms with E-state index in [0.717, 1.165) is 0 Å². The first-order valence-corrected chi connectivity index (χ1v) is 5.56. The van der Waals surface area contributed by atoms with Crippen molar-refractivity contribution in [2.24, 2.45) is 0 Å². The molecule has 0 aromatic heterocycles. The monoisotopic (exact) mass is 250 g/mol. The lowest BCUT2D eigenvalue weighted by Gasteiger charge is -2.22. The highest BCUT2D eigenvalue weighted by Crippen LogP contribution is 2.19. The third-order valence-corrected chi connectivity index (χ3v) is 2.59. The van der Waals surface area contributed by atoms with Crippen molar-refractivity contribution in [1.82, 2.24) is 4.90 Å². The zero-order valence-corrected chi connectivity index (χ0v) is 11.1. The minimum Gasteiger partial charge on any atom is -0.465 e. The maximum Gasteiger partial charge on any atom is 0.339 e. The average Bonchev–Trinajstić information content (AvgIpc) is 2.37. The van der Waals surface area contributed by atoms with Gasteiger partial charge in [-0.05, 0) is 12.1 Å². The molecule has 0 aliphatic rings. The standard InChI is InChI=1S/C13H18N2O3/c1-14(2)12(16)9-15(3)11-8-6-5-7-10(11)13(17)18-4/h5-8H,9H2,1-4H3. The minimum absolute atomic E-state index is 0.0304. The van der Waals surface area contributed by atoms with Gasteiger partial charge in [-0.1, -0.05) is 12.1 Å². The van der Waals surface area contributed by atoms with Crippen LogP contribution in [0.15, 0.2) is 24.3 Å². The van der Waals surface area contributed by atoms with Gasteiger partial charge >= 0.3 is 5.97 Å². The first-order chi connectivity index (χ1) is 8.47. The SMILES string of the molecule is COC(=O)c1ccccc1N(C)CC(=O)N(C)C. The molecule has 0 saturated heterocycles. The number of rotatable bonds is 4. The fourth-order valence-electron chi connectivity index (χ4n) is 1.52. The Labute approximate surface area is 107 Å². The quantitative estimate of drug-likeness (QED) is 0.748. The van der Waals surface area contributed by atoms with Crippen LogP contribution in [0.25, 0.3) is 0 Å². The van der Waals surface area contributed by atoms with Crippen molar-refractivity contribution in [1.29, 1.82) is 0 Å². The maximum atomic E-state index is 11.6. The topological polar surface area (TPSA) is 49.9 Å². The summed E-state index contributed by atoms with van der Waals surface area (Å²) in [6.45, 7) is 0.209. The number of anilines is 1. The van der Waals surface area contributed by atoms with E-state index in [2.05, 4.69) is 0 Å². The van der Waals surface area contributed by atoms with Crippen LogP contribution in [0.1, 0.15) is 10.4 Å². The van der Waals surface area contributed by atoms with E-state index in [0.29, 0.717) is 11.3 Å².